The maximum absolute atomic E-state index is 5.43. The second kappa shape index (κ2) is 8.22. The van der Waals surface area contributed by atoms with E-state index in [4.69, 9.17) is 12.2 Å². The first-order chi connectivity index (χ1) is 8.17. The van der Waals surface area contributed by atoms with Gasteiger partial charge in [-0.2, -0.15) is 0 Å². The van der Waals surface area contributed by atoms with Crippen molar-refractivity contribution in [2.75, 3.05) is 5.32 Å². The number of anilines is 1. The van der Waals surface area contributed by atoms with Gasteiger partial charge in [0, 0.05) is 17.2 Å². The van der Waals surface area contributed by atoms with Crippen molar-refractivity contribution in [2.24, 2.45) is 5.92 Å². The van der Waals surface area contributed by atoms with Crippen LogP contribution in [0.4, 0.5) is 5.69 Å². The smallest absolute Gasteiger partial charge is 0.0800 e. The van der Waals surface area contributed by atoms with Crippen molar-refractivity contribution in [3.63, 3.8) is 0 Å². The van der Waals surface area contributed by atoms with Crippen molar-refractivity contribution >= 4 is 50.2 Å². The molecule has 0 aliphatic carbocycles. The number of nitrogens with one attached hydrogen (secondary N) is 1. The molecule has 1 N–H and O–H groups in total. The minimum absolute atomic E-state index is 0.729. The fourth-order valence-corrected chi connectivity index (χ4v) is 3.45. The van der Waals surface area contributed by atoms with E-state index >= 15 is 0 Å². The highest BCUT2D eigenvalue weighted by Gasteiger charge is 2.10. The van der Waals surface area contributed by atoms with Crippen molar-refractivity contribution in [3.8, 4) is 0 Å². The first-order valence-corrected chi connectivity index (χ1v) is 8.33. The lowest BCUT2D eigenvalue weighted by atomic mass is 9.96. The molecule has 0 saturated carbocycles. The molecule has 0 aromatic carbocycles. The molecule has 0 fully saturated rings. The van der Waals surface area contributed by atoms with Gasteiger partial charge in [0.2, 0.25) is 0 Å². The number of unbranched alkanes of at least 4 members (excludes halogenated alkanes) is 1. The van der Waals surface area contributed by atoms with Crippen LogP contribution < -0.4 is 5.32 Å². The molecular weight excluding hydrogens is 314 g/mol. The number of thiophene rings is 1. The SMILES string of the molecule is CCCCC(CC)CC(=S)Nc1cscc1Br. The predicted octanol–water partition coefficient (Wildman–Crippen LogP) is 5.86. The van der Waals surface area contributed by atoms with Crippen LogP contribution in [0.1, 0.15) is 46.0 Å². The first-order valence-electron chi connectivity index (χ1n) is 6.18. The molecule has 4 heteroatoms. The Balaban J connectivity index is 2.40. The fraction of sp³-hybridized carbons (Fsp3) is 0.615. The quantitative estimate of drug-likeness (QED) is 0.627. The van der Waals surface area contributed by atoms with E-state index in [1.54, 1.807) is 11.3 Å². The van der Waals surface area contributed by atoms with Crippen LogP contribution in [0.25, 0.3) is 0 Å². The zero-order valence-electron chi connectivity index (χ0n) is 10.5. The van der Waals surface area contributed by atoms with E-state index < -0.39 is 0 Å². The van der Waals surface area contributed by atoms with Gasteiger partial charge in [0.15, 0.2) is 0 Å². The van der Waals surface area contributed by atoms with Crippen LogP contribution in [-0.4, -0.2) is 4.99 Å². The van der Waals surface area contributed by atoms with E-state index in [1.807, 2.05) is 0 Å². The van der Waals surface area contributed by atoms with Crippen LogP contribution in [0.15, 0.2) is 15.2 Å². The van der Waals surface area contributed by atoms with Crippen molar-refractivity contribution < 1.29 is 0 Å². The third-order valence-corrected chi connectivity index (χ3v) is 4.88. The summed E-state index contributed by atoms with van der Waals surface area (Å²) in [6.07, 6.45) is 6.09. The van der Waals surface area contributed by atoms with Gasteiger partial charge in [0.1, 0.15) is 0 Å². The Morgan fingerprint density at radius 2 is 2.24 bits per heavy atom. The van der Waals surface area contributed by atoms with Crippen molar-refractivity contribution in [2.45, 2.75) is 46.0 Å². The van der Waals surface area contributed by atoms with Gasteiger partial charge in [0.05, 0.1) is 15.1 Å². The minimum Gasteiger partial charge on any atom is -0.348 e. The van der Waals surface area contributed by atoms with E-state index in [1.165, 1.54) is 25.7 Å². The van der Waals surface area contributed by atoms with Crippen molar-refractivity contribution in [1.82, 2.24) is 0 Å². The van der Waals surface area contributed by atoms with E-state index in [0.29, 0.717) is 0 Å². The summed E-state index contributed by atoms with van der Waals surface area (Å²) >= 11 is 10.6. The Kier molecular flexibility index (Phi) is 7.32. The van der Waals surface area contributed by atoms with E-state index in [-0.39, 0.29) is 0 Å². The molecule has 1 aromatic heterocycles. The molecule has 1 unspecified atom stereocenters. The van der Waals surface area contributed by atoms with E-state index in [2.05, 4.69) is 45.9 Å². The molecule has 17 heavy (non-hydrogen) atoms. The Labute approximate surface area is 122 Å². The topological polar surface area (TPSA) is 12.0 Å². The van der Waals surface area contributed by atoms with Crippen molar-refractivity contribution in [1.29, 1.82) is 0 Å². The van der Waals surface area contributed by atoms with Crippen LogP contribution in [0, 0.1) is 5.92 Å². The molecule has 1 heterocycles. The molecule has 1 rings (SSSR count). The van der Waals surface area contributed by atoms with Gasteiger partial charge < -0.3 is 5.32 Å². The zero-order valence-corrected chi connectivity index (χ0v) is 13.7. The third-order valence-electron chi connectivity index (χ3n) is 2.91. The summed E-state index contributed by atoms with van der Waals surface area (Å²) in [6.45, 7) is 4.50. The molecule has 0 radical (unpaired) electrons. The molecule has 0 aliphatic heterocycles. The van der Waals surface area contributed by atoms with Gasteiger partial charge >= 0.3 is 0 Å². The number of hydrogen-bond acceptors (Lipinski definition) is 2. The number of thiocarbonyl (C=S) groups is 1. The standard InChI is InChI=1S/C13H20BrNS2/c1-3-5-6-10(4-2)7-13(16)15-12-9-17-8-11(12)14/h8-10H,3-7H2,1-2H3,(H,15,16). The Morgan fingerprint density at radius 1 is 1.47 bits per heavy atom. The molecule has 1 atom stereocenters. The third kappa shape index (κ3) is 5.49. The molecule has 0 bridgehead atoms. The predicted molar refractivity (Wildman–Crippen MR) is 86.2 cm³/mol. The van der Waals surface area contributed by atoms with Crippen LogP contribution in [0.2, 0.25) is 0 Å². The lowest BCUT2D eigenvalue weighted by Gasteiger charge is -2.15. The van der Waals surface area contributed by atoms with Crippen LogP contribution in [0.3, 0.4) is 0 Å². The van der Waals surface area contributed by atoms with Gasteiger partial charge in [-0.05, 0) is 21.8 Å². The van der Waals surface area contributed by atoms with E-state index in [0.717, 1.165) is 27.5 Å². The zero-order chi connectivity index (χ0) is 12.7. The van der Waals surface area contributed by atoms with Gasteiger partial charge in [0.25, 0.3) is 0 Å². The Hall–Kier alpha value is 0.0700. The van der Waals surface area contributed by atoms with E-state index in [9.17, 15) is 0 Å². The van der Waals surface area contributed by atoms with Gasteiger partial charge in [-0.1, -0.05) is 51.7 Å². The summed E-state index contributed by atoms with van der Waals surface area (Å²) in [7, 11) is 0. The minimum atomic E-state index is 0.729. The highest BCUT2D eigenvalue weighted by molar-refractivity contribution is 9.10. The molecule has 0 spiro atoms. The molecule has 0 amide bonds. The molecule has 96 valence electrons. The Bertz CT molecular complexity index is 349. The summed E-state index contributed by atoms with van der Waals surface area (Å²) in [4.78, 5) is 0.965. The highest BCUT2D eigenvalue weighted by atomic mass is 79.9. The first kappa shape index (κ1) is 15.1. The van der Waals surface area contributed by atoms with Crippen LogP contribution in [0.5, 0.6) is 0 Å². The summed E-state index contributed by atoms with van der Waals surface area (Å²) in [5.74, 6) is 0.729. The average Bonchev–Trinajstić information content (AvgIpc) is 2.70. The number of halogens is 1. The molecule has 1 aromatic rings. The van der Waals surface area contributed by atoms with Gasteiger partial charge in [-0.3, -0.25) is 0 Å². The lowest BCUT2D eigenvalue weighted by molar-refractivity contribution is 0.468. The normalized spacial score (nSPS) is 12.4. The number of hydrogen-bond donors (Lipinski definition) is 1. The highest BCUT2D eigenvalue weighted by Crippen LogP contribution is 2.27. The summed E-state index contributed by atoms with van der Waals surface area (Å²) < 4.78 is 1.10. The maximum Gasteiger partial charge on any atom is 0.0800 e. The summed E-state index contributed by atoms with van der Waals surface area (Å²) in [5, 5.41) is 7.48. The monoisotopic (exact) mass is 333 g/mol. The second-order valence-electron chi connectivity index (χ2n) is 4.30. The number of rotatable bonds is 7. The lowest BCUT2D eigenvalue weighted by Crippen LogP contribution is -2.14. The van der Waals surface area contributed by atoms with Gasteiger partial charge in [-0.25, -0.2) is 0 Å². The molecular formula is C13H20BrNS2. The molecule has 0 saturated heterocycles. The van der Waals surface area contributed by atoms with Gasteiger partial charge in [-0.15, -0.1) is 11.3 Å². The average molecular weight is 334 g/mol. The fourth-order valence-electron chi connectivity index (χ4n) is 1.78. The second-order valence-corrected chi connectivity index (χ2v) is 6.39. The maximum atomic E-state index is 5.43. The molecule has 0 aliphatic rings. The Morgan fingerprint density at radius 3 is 2.76 bits per heavy atom. The molecule has 1 nitrogen and oxygen atoms in total. The summed E-state index contributed by atoms with van der Waals surface area (Å²) in [6, 6.07) is 0. The largest absolute Gasteiger partial charge is 0.348 e. The van der Waals surface area contributed by atoms with Crippen LogP contribution in [-0.2, 0) is 0 Å². The summed E-state index contributed by atoms with van der Waals surface area (Å²) in [5.41, 5.74) is 1.10. The van der Waals surface area contributed by atoms with Crippen LogP contribution >= 0.6 is 39.5 Å². The van der Waals surface area contributed by atoms with Crippen molar-refractivity contribution in [3.05, 3.63) is 15.2 Å².